The number of amides is 1. The van der Waals surface area contributed by atoms with E-state index in [-0.39, 0.29) is 5.91 Å². The quantitative estimate of drug-likeness (QED) is 0.914. The first kappa shape index (κ1) is 15.7. The van der Waals surface area contributed by atoms with Crippen molar-refractivity contribution >= 4 is 5.91 Å². The van der Waals surface area contributed by atoms with Gasteiger partial charge in [0.15, 0.2) is 5.69 Å². The number of hydrogen-bond acceptors (Lipinski definition) is 4. The number of rotatable bonds is 5. The van der Waals surface area contributed by atoms with Crippen molar-refractivity contribution < 1.29 is 4.79 Å². The molecule has 0 atom stereocenters. The van der Waals surface area contributed by atoms with Crippen LogP contribution in [0, 0.1) is 6.92 Å². The maximum absolute atomic E-state index is 12.3. The molecule has 0 bridgehead atoms. The van der Waals surface area contributed by atoms with Crippen molar-refractivity contribution in [2.75, 3.05) is 26.2 Å². The number of piperidine rings is 1. The van der Waals surface area contributed by atoms with Crippen LogP contribution >= 0.6 is 0 Å². The van der Waals surface area contributed by atoms with Gasteiger partial charge in [-0.3, -0.25) is 4.79 Å². The van der Waals surface area contributed by atoms with Crippen LogP contribution in [0.4, 0.5) is 0 Å². The number of carbonyl (C=O) groups excluding carboxylic acids is 1. The highest BCUT2D eigenvalue weighted by atomic mass is 16.2. The lowest BCUT2D eigenvalue weighted by molar-refractivity contribution is 0.0940. The predicted octanol–water partition coefficient (Wildman–Crippen LogP) is 1.79. The summed E-state index contributed by atoms with van der Waals surface area (Å²) in [5.74, 6) is -0.151. The summed E-state index contributed by atoms with van der Waals surface area (Å²) in [5.41, 5.74) is 1.89. The first-order chi connectivity index (χ1) is 11.2. The molecule has 0 radical (unpaired) electrons. The van der Waals surface area contributed by atoms with Gasteiger partial charge < -0.3 is 10.2 Å². The monoisotopic (exact) mass is 313 g/mol. The Balaban J connectivity index is 1.58. The van der Waals surface area contributed by atoms with E-state index in [9.17, 15) is 4.79 Å². The number of carbonyl (C=O) groups is 1. The van der Waals surface area contributed by atoms with Crippen molar-refractivity contribution in [2.45, 2.75) is 26.2 Å². The molecule has 1 aromatic carbocycles. The van der Waals surface area contributed by atoms with Crippen LogP contribution in [0.1, 0.15) is 35.4 Å². The molecule has 1 aliphatic heterocycles. The van der Waals surface area contributed by atoms with E-state index in [4.69, 9.17) is 0 Å². The Bertz CT molecular complexity index is 646. The van der Waals surface area contributed by atoms with Gasteiger partial charge in [-0.2, -0.15) is 9.90 Å². The van der Waals surface area contributed by atoms with Gasteiger partial charge >= 0.3 is 0 Å². The minimum Gasteiger partial charge on any atom is -0.349 e. The molecule has 1 amide bonds. The third-order valence-corrected chi connectivity index (χ3v) is 4.15. The van der Waals surface area contributed by atoms with Crippen molar-refractivity contribution in [3.8, 4) is 5.69 Å². The van der Waals surface area contributed by atoms with Crippen molar-refractivity contribution in [1.29, 1.82) is 0 Å². The summed E-state index contributed by atoms with van der Waals surface area (Å²) in [6.45, 7) is 5.64. The molecule has 6 heteroatoms. The molecule has 0 spiro atoms. The maximum Gasteiger partial charge on any atom is 0.273 e. The van der Waals surface area contributed by atoms with Crippen molar-refractivity contribution in [2.24, 2.45) is 0 Å². The molecule has 2 heterocycles. The van der Waals surface area contributed by atoms with E-state index in [2.05, 4.69) is 20.4 Å². The van der Waals surface area contributed by atoms with Crippen molar-refractivity contribution in [3.05, 3.63) is 41.7 Å². The Hall–Kier alpha value is -2.21. The zero-order chi connectivity index (χ0) is 16.1. The van der Waals surface area contributed by atoms with Crippen molar-refractivity contribution in [3.63, 3.8) is 0 Å². The highest BCUT2D eigenvalue weighted by Crippen LogP contribution is 2.09. The number of likely N-dealkylation sites (tertiary alicyclic amines) is 1. The summed E-state index contributed by atoms with van der Waals surface area (Å²) in [5, 5.41) is 11.6. The first-order valence-corrected chi connectivity index (χ1v) is 8.24. The average molecular weight is 313 g/mol. The SMILES string of the molecule is Cc1nn(-c2ccccc2)nc1C(=O)NCCN1CCCCC1. The molecule has 6 nitrogen and oxygen atoms in total. The lowest BCUT2D eigenvalue weighted by Gasteiger charge is -2.26. The number of nitrogens with one attached hydrogen (secondary N) is 1. The first-order valence-electron chi connectivity index (χ1n) is 8.24. The minimum atomic E-state index is -0.151. The molecule has 23 heavy (non-hydrogen) atoms. The van der Waals surface area contributed by atoms with Gasteiger partial charge in [0, 0.05) is 13.1 Å². The van der Waals surface area contributed by atoms with Gasteiger partial charge in [0.2, 0.25) is 0 Å². The maximum atomic E-state index is 12.3. The van der Waals surface area contributed by atoms with Crippen LogP contribution in [0.3, 0.4) is 0 Å². The highest BCUT2D eigenvalue weighted by molar-refractivity contribution is 5.93. The summed E-state index contributed by atoms with van der Waals surface area (Å²) < 4.78 is 0. The second-order valence-corrected chi connectivity index (χ2v) is 5.92. The third-order valence-electron chi connectivity index (χ3n) is 4.15. The molecular formula is C17H23N5O. The Morgan fingerprint density at radius 3 is 2.61 bits per heavy atom. The molecule has 0 unspecified atom stereocenters. The van der Waals surface area contributed by atoms with Crippen LogP contribution < -0.4 is 5.32 Å². The fourth-order valence-electron chi connectivity index (χ4n) is 2.86. The van der Waals surface area contributed by atoms with Gasteiger partial charge in [0.05, 0.1) is 11.4 Å². The normalized spacial score (nSPS) is 15.5. The molecule has 1 fully saturated rings. The molecular weight excluding hydrogens is 290 g/mol. The largest absolute Gasteiger partial charge is 0.349 e. The number of para-hydroxylation sites is 1. The average Bonchev–Trinajstić information content (AvgIpc) is 2.98. The topological polar surface area (TPSA) is 63.1 Å². The molecule has 1 aliphatic rings. The van der Waals surface area contributed by atoms with Crippen LogP contribution in [-0.4, -0.2) is 52.0 Å². The smallest absolute Gasteiger partial charge is 0.273 e. The van der Waals surface area contributed by atoms with Crippen LogP contribution in [0.5, 0.6) is 0 Å². The summed E-state index contributed by atoms with van der Waals surface area (Å²) in [6.07, 6.45) is 3.85. The molecule has 3 rings (SSSR count). The molecule has 0 saturated carbocycles. The molecule has 0 aliphatic carbocycles. The Morgan fingerprint density at radius 1 is 1.13 bits per heavy atom. The van der Waals surface area contributed by atoms with Gasteiger partial charge in [-0.15, -0.1) is 5.10 Å². The number of aromatic nitrogens is 3. The molecule has 2 aromatic rings. The molecule has 122 valence electrons. The summed E-state index contributed by atoms with van der Waals surface area (Å²) in [6, 6.07) is 9.61. The number of nitrogens with zero attached hydrogens (tertiary/aromatic N) is 4. The van der Waals surface area contributed by atoms with Crippen LogP contribution in [-0.2, 0) is 0 Å². The lowest BCUT2D eigenvalue weighted by Crippen LogP contribution is -2.37. The predicted molar refractivity (Wildman–Crippen MR) is 88.7 cm³/mol. The molecule has 1 N–H and O–H groups in total. The highest BCUT2D eigenvalue weighted by Gasteiger charge is 2.16. The van der Waals surface area contributed by atoms with E-state index >= 15 is 0 Å². The van der Waals surface area contributed by atoms with Crippen LogP contribution in [0.15, 0.2) is 30.3 Å². The molecule has 1 aromatic heterocycles. The Labute approximate surface area is 136 Å². The molecule has 1 saturated heterocycles. The van der Waals surface area contributed by atoms with Gasteiger partial charge in [-0.1, -0.05) is 24.6 Å². The van der Waals surface area contributed by atoms with Crippen molar-refractivity contribution in [1.82, 2.24) is 25.2 Å². The zero-order valence-corrected chi connectivity index (χ0v) is 13.5. The zero-order valence-electron chi connectivity index (χ0n) is 13.5. The van der Waals surface area contributed by atoms with E-state index < -0.39 is 0 Å². The van der Waals surface area contributed by atoms with E-state index in [0.717, 1.165) is 25.3 Å². The summed E-state index contributed by atoms with van der Waals surface area (Å²) in [4.78, 5) is 16.2. The Morgan fingerprint density at radius 2 is 1.87 bits per heavy atom. The second-order valence-electron chi connectivity index (χ2n) is 5.92. The van der Waals surface area contributed by atoms with Gasteiger partial charge in [-0.05, 0) is 45.0 Å². The number of aryl methyl sites for hydroxylation is 1. The van der Waals surface area contributed by atoms with Crippen LogP contribution in [0.2, 0.25) is 0 Å². The minimum absolute atomic E-state index is 0.151. The van der Waals surface area contributed by atoms with Gasteiger partial charge in [0.25, 0.3) is 5.91 Å². The fraction of sp³-hybridized carbons (Fsp3) is 0.471. The van der Waals surface area contributed by atoms with E-state index in [1.807, 2.05) is 37.3 Å². The number of benzene rings is 1. The van der Waals surface area contributed by atoms with Gasteiger partial charge in [0.1, 0.15) is 0 Å². The summed E-state index contributed by atoms with van der Waals surface area (Å²) in [7, 11) is 0. The number of hydrogen-bond donors (Lipinski definition) is 1. The van der Waals surface area contributed by atoms with E-state index in [1.54, 1.807) is 0 Å². The standard InChI is InChI=1S/C17H23N5O/c1-14-16(20-22(19-14)15-8-4-2-5-9-15)17(23)18-10-13-21-11-6-3-7-12-21/h2,4-5,8-9H,3,6-7,10-13H2,1H3,(H,18,23). The third kappa shape index (κ3) is 3.96. The van der Waals surface area contributed by atoms with E-state index in [0.29, 0.717) is 17.9 Å². The van der Waals surface area contributed by atoms with Crippen LogP contribution in [0.25, 0.3) is 5.69 Å². The van der Waals surface area contributed by atoms with E-state index in [1.165, 1.54) is 24.1 Å². The fourth-order valence-corrected chi connectivity index (χ4v) is 2.86. The second kappa shape index (κ2) is 7.37. The van der Waals surface area contributed by atoms with Gasteiger partial charge in [-0.25, -0.2) is 0 Å². The Kier molecular flexibility index (Phi) is 5.02. The lowest BCUT2D eigenvalue weighted by atomic mass is 10.1. The summed E-state index contributed by atoms with van der Waals surface area (Å²) >= 11 is 0.